The van der Waals surface area contributed by atoms with E-state index < -0.39 is 0 Å². The number of nitrogens with one attached hydrogen (secondary N) is 4. The van der Waals surface area contributed by atoms with Crippen LogP contribution in [0, 0.1) is 20.8 Å². The van der Waals surface area contributed by atoms with Gasteiger partial charge in [-0.15, -0.1) is 10.2 Å². The number of thiophene rings is 1. The molecule has 0 unspecified atom stereocenters. The molecule has 0 amide bonds. The Balaban J connectivity index is 1.14. The van der Waals surface area contributed by atoms with Crippen molar-refractivity contribution in [3.8, 4) is 0 Å². The SMILES string of the molecule is Cc1nsc(N=Nc2ccc(NNc3ccc(NNc4ccc(N5CCCC5)s4)cc3C)cc2C)n1. The fourth-order valence-corrected chi connectivity index (χ4v) is 5.34. The number of hydrogen-bond acceptors (Lipinski definition) is 11. The summed E-state index contributed by atoms with van der Waals surface area (Å²) in [6, 6.07) is 16.5. The lowest BCUT2D eigenvalue weighted by Crippen LogP contribution is -2.15. The van der Waals surface area contributed by atoms with Crippen LogP contribution in [0.5, 0.6) is 0 Å². The summed E-state index contributed by atoms with van der Waals surface area (Å²) in [5.41, 5.74) is 19.1. The first-order valence-electron chi connectivity index (χ1n) is 11.9. The highest BCUT2D eigenvalue weighted by molar-refractivity contribution is 7.20. The average molecular weight is 520 g/mol. The molecule has 3 heterocycles. The van der Waals surface area contributed by atoms with Crippen LogP contribution in [0.25, 0.3) is 0 Å². The normalized spacial score (nSPS) is 13.4. The molecule has 0 bridgehead atoms. The molecule has 186 valence electrons. The summed E-state index contributed by atoms with van der Waals surface area (Å²) in [6.07, 6.45) is 2.58. The Hall–Kier alpha value is -3.70. The largest absolute Gasteiger partial charge is 0.363 e. The van der Waals surface area contributed by atoms with Gasteiger partial charge in [-0.1, -0.05) is 11.3 Å². The highest BCUT2D eigenvalue weighted by Gasteiger charge is 2.14. The number of rotatable bonds is 9. The maximum atomic E-state index is 4.30. The Morgan fingerprint density at radius 1 is 0.806 bits per heavy atom. The quantitative estimate of drug-likeness (QED) is 0.135. The van der Waals surface area contributed by atoms with Crippen LogP contribution in [0.4, 0.5) is 37.9 Å². The van der Waals surface area contributed by atoms with Crippen LogP contribution in [0.3, 0.4) is 0 Å². The Kier molecular flexibility index (Phi) is 7.28. The fraction of sp³-hybridized carbons (Fsp3) is 0.280. The van der Waals surface area contributed by atoms with Crippen molar-refractivity contribution in [2.24, 2.45) is 10.2 Å². The molecule has 9 nitrogen and oxygen atoms in total. The van der Waals surface area contributed by atoms with Gasteiger partial charge in [-0.05, 0) is 93.3 Å². The smallest absolute Gasteiger partial charge is 0.249 e. The second kappa shape index (κ2) is 10.9. The summed E-state index contributed by atoms with van der Waals surface area (Å²) >= 11 is 3.02. The molecule has 1 aliphatic heterocycles. The van der Waals surface area contributed by atoms with E-state index in [1.54, 1.807) is 11.3 Å². The van der Waals surface area contributed by atoms with Gasteiger partial charge in [-0.2, -0.15) is 4.37 Å². The number of hydrazine groups is 2. The summed E-state index contributed by atoms with van der Waals surface area (Å²) in [7, 11) is 0. The van der Waals surface area contributed by atoms with Crippen molar-refractivity contribution in [1.82, 2.24) is 9.36 Å². The van der Waals surface area contributed by atoms with Crippen molar-refractivity contribution in [3.05, 3.63) is 65.5 Å². The first-order chi connectivity index (χ1) is 17.5. The average Bonchev–Trinajstić information content (AvgIpc) is 3.64. The summed E-state index contributed by atoms with van der Waals surface area (Å²) in [4.78, 5) is 6.66. The summed E-state index contributed by atoms with van der Waals surface area (Å²) in [5.74, 6) is 0.709. The standard InChI is InChI=1S/C25H29N9S2/c1-16-15-20(28-31-23-10-11-24(35-23)34-12-4-5-13-34)7-8-21(16)29-27-19-6-9-22(17(2)14-19)30-32-25-26-18(3)33-36-25/h6-11,14-15,27-29,31H,4-5,12-13H2,1-3H3. The molecule has 5 rings (SSSR count). The van der Waals surface area contributed by atoms with E-state index in [-0.39, 0.29) is 0 Å². The van der Waals surface area contributed by atoms with Gasteiger partial charge in [0, 0.05) is 24.6 Å². The van der Waals surface area contributed by atoms with E-state index in [1.807, 2.05) is 38.1 Å². The first-order valence-corrected chi connectivity index (χ1v) is 13.4. The topological polar surface area (TPSA) is 102 Å². The molecule has 36 heavy (non-hydrogen) atoms. The molecule has 0 spiro atoms. The predicted octanol–water partition coefficient (Wildman–Crippen LogP) is 7.42. The molecule has 4 N–H and O–H groups in total. The Bertz CT molecular complexity index is 1360. The van der Waals surface area contributed by atoms with Crippen molar-refractivity contribution in [2.45, 2.75) is 33.6 Å². The van der Waals surface area contributed by atoms with E-state index in [4.69, 9.17) is 0 Å². The van der Waals surface area contributed by atoms with Crippen LogP contribution in [0.2, 0.25) is 0 Å². The van der Waals surface area contributed by atoms with Gasteiger partial charge in [0.25, 0.3) is 0 Å². The van der Waals surface area contributed by atoms with E-state index in [0.717, 1.165) is 52.0 Å². The molecule has 1 saturated heterocycles. The monoisotopic (exact) mass is 519 g/mol. The maximum Gasteiger partial charge on any atom is 0.249 e. The lowest BCUT2D eigenvalue weighted by atomic mass is 10.2. The number of benzene rings is 2. The molecular formula is C25H29N9S2. The lowest BCUT2D eigenvalue weighted by Gasteiger charge is -2.15. The Labute approximate surface area is 218 Å². The highest BCUT2D eigenvalue weighted by Crippen LogP contribution is 2.32. The van der Waals surface area contributed by atoms with E-state index in [2.05, 4.69) is 77.4 Å². The van der Waals surface area contributed by atoms with Crippen LogP contribution in [-0.4, -0.2) is 22.4 Å². The summed E-state index contributed by atoms with van der Waals surface area (Å²) < 4.78 is 4.12. The van der Waals surface area contributed by atoms with Crippen LogP contribution in [-0.2, 0) is 0 Å². The zero-order chi connectivity index (χ0) is 24.9. The lowest BCUT2D eigenvalue weighted by molar-refractivity contribution is 0.949. The first kappa shape index (κ1) is 24.0. The zero-order valence-electron chi connectivity index (χ0n) is 20.5. The van der Waals surface area contributed by atoms with Crippen molar-refractivity contribution in [2.75, 3.05) is 39.7 Å². The number of nitrogens with zero attached hydrogens (tertiary/aromatic N) is 5. The van der Waals surface area contributed by atoms with Crippen LogP contribution >= 0.6 is 22.9 Å². The van der Waals surface area contributed by atoms with Gasteiger partial charge in [-0.3, -0.25) is 5.43 Å². The van der Waals surface area contributed by atoms with Gasteiger partial charge in [0.05, 0.1) is 27.8 Å². The molecule has 0 aliphatic carbocycles. The number of azo groups is 1. The van der Waals surface area contributed by atoms with E-state index in [1.165, 1.54) is 29.4 Å². The van der Waals surface area contributed by atoms with E-state index in [9.17, 15) is 0 Å². The van der Waals surface area contributed by atoms with Gasteiger partial charge in [-0.25, -0.2) is 4.98 Å². The number of hydrogen-bond donors (Lipinski definition) is 4. The van der Waals surface area contributed by atoms with Crippen molar-refractivity contribution in [1.29, 1.82) is 0 Å². The molecular weight excluding hydrogens is 490 g/mol. The second-order valence-corrected chi connectivity index (χ2v) is 10.5. The third-order valence-corrected chi connectivity index (χ3v) is 7.62. The molecule has 4 aromatic rings. The number of aryl methyl sites for hydroxylation is 3. The zero-order valence-corrected chi connectivity index (χ0v) is 22.1. The second-order valence-electron chi connectivity index (χ2n) is 8.69. The van der Waals surface area contributed by atoms with Gasteiger partial charge >= 0.3 is 0 Å². The van der Waals surface area contributed by atoms with Gasteiger partial charge in [0.2, 0.25) is 5.13 Å². The molecule has 1 aliphatic rings. The molecule has 2 aromatic carbocycles. The third-order valence-electron chi connectivity index (χ3n) is 5.86. The van der Waals surface area contributed by atoms with Crippen LogP contribution in [0.15, 0.2) is 58.8 Å². The number of anilines is 5. The van der Waals surface area contributed by atoms with Crippen LogP contribution < -0.4 is 26.6 Å². The van der Waals surface area contributed by atoms with Crippen molar-refractivity contribution >= 4 is 60.8 Å². The predicted molar refractivity (Wildman–Crippen MR) is 151 cm³/mol. The van der Waals surface area contributed by atoms with Gasteiger partial charge in [0.1, 0.15) is 10.8 Å². The highest BCUT2D eigenvalue weighted by atomic mass is 32.1. The Morgan fingerprint density at radius 3 is 2.28 bits per heavy atom. The van der Waals surface area contributed by atoms with Gasteiger partial charge in [0.15, 0.2) is 0 Å². The Morgan fingerprint density at radius 2 is 1.56 bits per heavy atom. The third kappa shape index (κ3) is 5.92. The molecule has 1 fully saturated rings. The molecule has 2 aromatic heterocycles. The van der Waals surface area contributed by atoms with E-state index in [0.29, 0.717) is 11.0 Å². The molecule has 11 heteroatoms. The minimum atomic E-state index is 0.557. The summed E-state index contributed by atoms with van der Waals surface area (Å²) in [5, 5.41) is 11.5. The van der Waals surface area contributed by atoms with Crippen molar-refractivity contribution < 1.29 is 0 Å². The number of aromatic nitrogens is 2. The minimum Gasteiger partial charge on any atom is -0.363 e. The van der Waals surface area contributed by atoms with Crippen LogP contribution in [0.1, 0.15) is 29.8 Å². The minimum absolute atomic E-state index is 0.557. The molecule has 0 radical (unpaired) electrons. The summed E-state index contributed by atoms with van der Waals surface area (Å²) in [6.45, 7) is 8.25. The molecule has 0 saturated carbocycles. The van der Waals surface area contributed by atoms with Gasteiger partial charge < -0.3 is 21.2 Å². The fourth-order valence-electron chi connectivity index (χ4n) is 3.93. The molecule has 0 atom stereocenters. The van der Waals surface area contributed by atoms with E-state index >= 15 is 0 Å². The van der Waals surface area contributed by atoms with Crippen molar-refractivity contribution in [3.63, 3.8) is 0 Å². The maximum absolute atomic E-state index is 4.30.